The van der Waals surface area contributed by atoms with Gasteiger partial charge in [-0.05, 0) is 25.8 Å². The summed E-state index contributed by atoms with van der Waals surface area (Å²) in [7, 11) is 1.74. The van der Waals surface area contributed by atoms with Gasteiger partial charge in [0.2, 0.25) is 0 Å². The van der Waals surface area contributed by atoms with Crippen LogP contribution in [0.5, 0.6) is 0 Å². The Hall–Kier alpha value is -1.13. The van der Waals surface area contributed by atoms with E-state index >= 15 is 0 Å². The zero-order chi connectivity index (χ0) is 12.3. The minimum Gasteiger partial charge on any atom is -0.385 e. The van der Waals surface area contributed by atoms with E-state index in [9.17, 15) is 0 Å². The van der Waals surface area contributed by atoms with E-state index < -0.39 is 0 Å². The van der Waals surface area contributed by atoms with Crippen LogP contribution in [0.2, 0.25) is 0 Å². The SMILES string of the molecule is COCCCn1ccc2c1CC(C(C)N)C=N2. The molecule has 0 aromatic carbocycles. The van der Waals surface area contributed by atoms with Crippen LogP contribution in [-0.2, 0) is 17.7 Å². The summed E-state index contributed by atoms with van der Waals surface area (Å²) in [6, 6.07) is 2.24. The molecule has 1 aromatic heterocycles. The quantitative estimate of drug-likeness (QED) is 0.790. The third-order valence-corrected chi connectivity index (χ3v) is 3.31. The van der Waals surface area contributed by atoms with Gasteiger partial charge in [0, 0.05) is 50.3 Å². The average Bonchev–Trinajstić information content (AvgIpc) is 2.72. The van der Waals surface area contributed by atoms with Gasteiger partial charge in [0.1, 0.15) is 0 Å². The number of rotatable bonds is 5. The fourth-order valence-electron chi connectivity index (χ4n) is 2.20. The molecule has 0 bridgehead atoms. The highest BCUT2D eigenvalue weighted by Gasteiger charge is 2.20. The molecule has 0 saturated carbocycles. The van der Waals surface area contributed by atoms with Gasteiger partial charge in [0.15, 0.2) is 0 Å². The molecule has 2 heterocycles. The van der Waals surface area contributed by atoms with Gasteiger partial charge in [-0.1, -0.05) is 0 Å². The topological polar surface area (TPSA) is 52.5 Å². The van der Waals surface area contributed by atoms with Crippen LogP contribution >= 0.6 is 0 Å². The van der Waals surface area contributed by atoms with E-state index in [2.05, 4.69) is 21.8 Å². The van der Waals surface area contributed by atoms with Gasteiger partial charge < -0.3 is 15.0 Å². The van der Waals surface area contributed by atoms with Crippen LogP contribution in [0.1, 0.15) is 19.0 Å². The van der Waals surface area contributed by atoms with Gasteiger partial charge in [0.05, 0.1) is 5.69 Å². The predicted octanol–water partition coefficient (Wildman–Crippen LogP) is 1.75. The van der Waals surface area contributed by atoms with E-state index in [0.29, 0.717) is 5.92 Å². The summed E-state index contributed by atoms with van der Waals surface area (Å²) in [5.41, 5.74) is 8.35. The van der Waals surface area contributed by atoms with Crippen molar-refractivity contribution in [2.75, 3.05) is 13.7 Å². The molecule has 2 N–H and O–H groups in total. The largest absolute Gasteiger partial charge is 0.385 e. The normalized spacial score (nSPS) is 20.3. The smallest absolute Gasteiger partial charge is 0.0835 e. The second-order valence-electron chi connectivity index (χ2n) is 4.69. The lowest BCUT2D eigenvalue weighted by Gasteiger charge is -2.21. The van der Waals surface area contributed by atoms with Gasteiger partial charge in [0.25, 0.3) is 0 Å². The lowest BCUT2D eigenvalue weighted by atomic mass is 9.95. The van der Waals surface area contributed by atoms with Crippen LogP contribution in [0, 0.1) is 5.92 Å². The Labute approximate surface area is 102 Å². The molecule has 2 atom stereocenters. The molecule has 0 radical (unpaired) electrons. The summed E-state index contributed by atoms with van der Waals surface area (Å²) in [6.07, 6.45) is 6.13. The van der Waals surface area contributed by atoms with Gasteiger partial charge in [-0.15, -0.1) is 0 Å². The number of nitrogens with two attached hydrogens (primary N) is 1. The first-order chi connectivity index (χ1) is 8.22. The second kappa shape index (κ2) is 5.47. The zero-order valence-corrected chi connectivity index (χ0v) is 10.6. The minimum absolute atomic E-state index is 0.161. The second-order valence-corrected chi connectivity index (χ2v) is 4.69. The monoisotopic (exact) mass is 235 g/mol. The molecular weight excluding hydrogens is 214 g/mol. The highest BCUT2D eigenvalue weighted by atomic mass is 16.5. The fraction of sp³-hybridized carbons (Fsp3) is 0.615. The summed E-state index contributed by atoms with van der Waals surface area (Å²) < 4.78 is 7.36. The van der Waals surface area contributed by atoms with E-state index in [0.717, 1.165) is 31.7 Å². The summed E-state index contributed by atoms with van der Waals surface area (Å²) in [5, 5.41) is 0. The molecule has 2 rings (SSSR count). The van der Waals surface area contributed by atoms with Gasteiger partial charge in [-0.2, -0.15) is 0 Å². The zero-order valence-electron chi connectivity index (χ0n) is 10.6. The number of aryl methyl sites for hydroxylation is 1. The molecule has 1 aromatic rings. The predicted molar refractivity (Wildman–Crippen MR) is 69.9 cm³/mol. The van der Waals surface area contributed by atoms with Crippen LogP contribution in [0.4, 0.5) is 5.69 Å². The number of hydrogen-bond donors (Lipinski definition) is 1. The molecule has 1 aliphatic heterocycles. The highest BCUT2D eigenvalue weighted by molar-refractivity contribution is 5.71. The third-order valence-electron chi connectivity index (χ3n) is 3.31. The van der Waals surface area contributed by atoms with Crippen LogP contribution in [0.15, 0.2) is 17.3 Å². The number of hydrogen-bond acceptors (Lipinski definition) is 3. The Morgan fingerprint density at radius 3 is 3.18 bits per heavy atom. The molecule has 0 saturated heterocycles. The Balaban J connectivity index is 2.07. The van der Waals surface area contributed by atoms with E-state index in [1.807, 2.05) is 13.1 Å². The summed E-state index contributed by atoms with van der Waals surface area (Å²) in [6.45, 7) is 3.83. The molecule has 0 spiro atoms. The van der Waals surface area contributed by atoms with Crippen molar-refractivity contribution in [1.82, 2.24) is 4.57 Å². The van der Waals surface area contributed by atoms with Crippen LogP contribution < -0.4 is 5.73 Å². The molecule has 94 valence electrons. The first-order valence-corrected chi connectivity index (χ1v) is 6.19. The maximum atomic E-state index is 5.94. The number of methoxy groups -OCH3 is 1. The van der Waals surface area contributed by atoms with Gasteiger partial charge in [-0.25, -0.2) is 0 Å². The molecule has 4 heteroatoms. The molecule has 0 fully saturated rings. The van der Waals surface area contributed by atoms with Gasteiger partial charge in [-0.3, -0.25) is 4.99 Å². The maximum absolute atomic E-state index is 5.94. The first-order valence-electron chi connectivity index (χ1n) is 6.19. The number of aromatic nitrogens is 1. The average molecular weight is 235 g/mol. The number of fused-ring (bicyclic) bond motifs is 1. The molecule has 4 nitrogen and oxygen atoms in total. The van der Waals surface area contributed by atoms with Gasteiger partial charge >= 0.3 is 0 Å². The molecule has 1 aliphatic rings. The Morgan fingerprint density at radius 2 is 2.47 bits per heavy atom. The van der Waals surface area contributed by atoms with Crippen LogP contribution in [0.25, 0.3) is 0 Å². The lowest BCUT2D eigenvalue weighted by Crippen LogP contribution is -2.31. The van der Waals surface area contributed by atoms with Crippen molar-refractivity contribution in [3.8, 4) is 0 Å². The molecule has 2 unspecified atom stereocenters. The van der Waals surface area contributed by atoms with E-state index in [1.54, 1.807) is 7.11 Å². The standard InChI is InChI=1S/C13H21N3O/c1-10(14)11-8-13-12(15-9-11)4-6-16(13)5-3-7-17-2/h4,6,9-11H,3,5,7-8,14H2,1-2H3. The number of ether oxygens (including phenoxy) is 1. The molecule has 17 heavy (non-hydrogen) atoms. The number of nitrogens with zero attached hydrogens (tertiary/aromatic N) is 2. The van der Waals surface area contributed by atoms with E-state index in [1.165, 1.54) is 5.69 Å². The highest BCUT2D eigenvalue weighted by Crippen LogP contribution is 2.28. The van der Waals surface area contributed by atoms with Crippen molar-refractivity contribution in [3.63, 3.8) is 0 Å². The Kier molecular flexibility index (Phi) is 3.97. The third kappa shape index (κ3) is 2.76. The van der Waals surface area contributed by atoms with Crippen molar-refractivity contribution >= 4 is 11.9 Å². The maximum Gasteiger partial charge on any atom is 0.0835 e. The molecular formula is C13H21N3O. The molecule has 0 aliphatic carbocycles. The Bertz CT molecular complexity index is 395. The lowest BCUT2D eigenvalue weighted by molar-refractivity contribution is 0.190. The van der Waals surface area contributed by atoms with Crippen LogP contribution in [0.3, 0.4) is 0 Å². The fourth-order valence-corrected chi connectivity index (χ4v) is 2.20. The van der Waals surface area contributed by atoms with Crippen molar-refractivity contribution in [1.29, 1.82) is 0 Å². The van der Waals surface area contributed by atoms with Crippen molar-refractivity contribution < 1.29 is 4.74 Å². The minimum atomic E-state index is 0.161. The molecule has 0 amide bonds. The first kappa shape index (κ1) is 12.3. The summed E-state index contributed by atoms with van der Waals surface area (Å²) in [5.74, 6) is 0.360. The number of aliphatic imine (C=N–C) groups is 1. The van der Waals surface area contributed by atoms with Crippen molar-refractivity contribution in [2.24, 2.45) is 16.6 Å². The van der Waals surface area contributed by atoms with Crippen molar-refractivity contribution in [3.05, 3.63) is 18.0 Å². The van der Waals surface area contributed by atoms with E-state index in [-0.39, 0.29) is 6.04 Å². The van der Waals surface area contributed by atoms with Crippen molar-refractivity contribution in [2.45, 2.75) is 32.4 Å². The Morgan fingerprint density at radius 1 is 1.65 bits per heavy atom. The summed E-state index contributed by atoms with van der Waals surface area (Å²) >= 11 is 0. The van der Waals surface area contributed by atoms with E-state index in [4.69, 9.17) is 10.5 Å². The van der Waals surface area contributed by atoms with Crippen LogP contribution in [-0.4, -0.2) is 30.5 Å². The summed E-state index contributed by atoms with van der Waals surface area (Å²) in [4.78, 5) is 4.49.